The van der Waals surface area contributed by atoms with Crippen LogP contribution in [0.25, 0.3) is 11.4 Å². The third-order valence-electron chi connectivity index (χ3n) is 6.63. The summed E-state index contributed by atoms with van der Waals surface area (Å²) in [6.07, 6.45) is 6.16. The Morgan fingerprint density at radius 3 is 2.08 bits per heavy atom. The highest BCUT2D eigenvalue weighted by Gasteiger charge is 2.40. The highest BCUT2D eigenvalue weighted by atomic mass is 16.6. The van der Waals surface area contributed by atoms with Gasteiger partial charge in [0.1, 0.15) is 12.1 Å². The molecule has 1 saturated heterocycles. The van der Waals surface area contributed by atoms with Crippen LogP contribution in [0.5, 0.6) is 0 Å². The van der Waals surface area contributed by atoms with Crippen molar-refractivity contribution in [3.63, 3.8) is 0 Å². The van der Waals surface area contributed by atoms with Crippen LogP contribution in [0.3, 0.4) is 0 Å². The Kier molecular flexibility index (Phi) is 7.95. The molecule has 38 heavy (non-hydrogen) atoms. The lowest BCUT2D eigenvalue weighted by molar-refractivity contribution is 0.0142. The molecule has 2 aromatic rings. The minimum absolute atomic E-state index is 0.0138. The molecule has 1 aliphatic carbocycles. The fraction of sp³-hybridized carbons (Fsp3) is 0.500. The summed E-state index contributed by atoms with van der Waals surface area (Å²) >= 11 is 0. The number of ether oxygens (including phenoxy) is 1. The molecular weight excluding hydrogens is 484 g/mol. The van der Waals surface area contributed by atoms with E-state index in [1.54, 1.807) is 48.6 Å². The van der Waals surface area contributed by atoms with Crippen molar-refractivity contribution in [3.8, 4) is 17.5 Å². The van der Waals surface area contributed by atoms with Crippen molar-refractivity contribution >= 4 is 17.9 Å². The molecular formula is C28H34N6O4. The normalized spacial score (nSPS) is 15.9. The molecule has 1 aromatic heterocycles. The zero-order chi connectivity index (χ0) is 27.4. The lowest BCUT2D eigenvalue weighted by Crippen LogP contribution is -2.50. The van der Waals surface area contributed by atoms with E-state index in [1.165, 1.54) is 4.90 Å². The molecule has 0 bridgehead atoms. The summed E-state index contributed by atoms with van der Waals surface area (Å²) in [7, 11) is 1.58. The highest BCUT2D eigenvalue weighted by molar-refractivity contribution is 5.95. The standard InChI is InChI=1S/C28H34N6O4/c1-28(2,3)38-27(37)33-14-11-23(12-15-33)34(22-9-10-22)26(36)21-17-30-24(31-18-21)19-5-7-20(8-6-19)25(35)32(4)16-13-29/h5-8,17-18,22-23H,9-12,14-16H2,1-4H3. The molecule has 0 radical (unpaired) electrons. The second-order valence-electron chi connectivity index (χ2n) is 10.8. The molecule has 10 heteroatoms. The predicted molar refractivity (Wildman–Crippen MR) is 140 cm³/mol. The molecule has 2 heterocycles. The van der Waals surface area contributed by atoms with Crippen LogP contribution in [-0.2, 0) is 4.74 Å². The van der Waals surface area contributed by atoms with Gasteiger partial charge in [0.15, 0.2) is 5.82 Å². The quantitative estimate of drug-likeness (QED) is 0.534. The van der Waals surface area contributed by atoms with Gasteiger partial charge in [-0.25, -0.2) is 14.8 Å². The van der Waals surface area contributed by atoms with Crippen molar-refractivity contribution in [3.05, 3.63) is 47.8 Å². The SMILES string of the molecule is CN(CC#N)C(=O)c1ccc(-c2ncc(C(=O)N(C3CC3)C3CCN(C(=O)OC(C)(C)C)CC3)cn2)cc1. The first-order valence-corrected chi connectivity index (χ1v) is 12.9. The lowest BCUT2D eigenvalue weighted by atomic mass is 10.0. The van der Waals surface area contributed by atoms with E-state index in [1.807, 2.05) is 31.7 Å². The van der Waals surface area contributed by atoms with E-state index in [4.69, 9.17) is 10.00 Å². The van der Waals surface area contributed by atoms with Crippen molar-refractivity contribution in [2.75, 3.05) is 26.7 Å². The van der Waals surface area contributed by atoms with Crippen LogP contribution in [-0.4, -0.2) is 86.9 Å². The van der Waals surface area contributed by atoms with E-state index in [0.29, 0.717) is 42.9 Å². The molecule has 10 nitrogen and oxygen atoms in total. The van der Waals surface area contributed by atoms with Crippen molar-refractivity contribution in [2.45, 2.75) is 64.1 Å². The Balaban J connectivity index is 1.40. The van der Waals surface area contributed by atoms with E-state index >= 15 is 0 Å². The minimum atomic E-state index is -0.537. The van der Waals surface area contributed by atoms with Crippen LogP contribution in [0.2, 0.25) is 0 Å². The molecule has 0 unspecified atom stereocenters. The van der Waals surface area contributed by atoms with Gasteiger partial charge in [-0.05, 0) is 58.6 Å². The molecule has 200 valence electrons. The Hall–Kier alpha value is -4.00. The molecule has 0 N–H and O–H groups in total. The molecule has 1 saturated carbocycles. The topological polar surface area (TPSA) is 120 Å². The number of carbonyl (C=O) groups excluding carboxylic acids is 3. The summed E-state index contributed by atoms with van der Waals surface area (Å²) in [4.78, 5) is 52.1. The number of rotatable bonds is 6. The number of likely N-dealkylation sites (tertiary alicyclic amines) is 1. The van der Waals surface area contributed by atoms with E-state index in [2.05, 4.69) is 9.97 Å². The fourth-order valence-corrected chi connectivity index (χ4v) is 4.53. The van der Waals surface area contributed by atoms with Gasteiger partial charge in [-0.15, -0.1) is 0 Å². The maximum Gasteiger partial charge on any atom is 0.410 e. The average molecular weight is 519 g/mol. The Morgan fingerprint density at radius 1 is 0.974 bits per heavy atom. The second-order valence-corrected chi connectivity index (χ2v) is 10.8. The molecule has 1 aliphatic heterocycles. The van der Waals surface area contributed by atoms with E-state index in [0.717, 1.165) is 18.4 Å². The number of hydrogen-bond donors (Lipinski definition) is 0. The summed E-state index contributed by atoms with van der Waals surface area (Å²) in [6.45, 7) is 6.68. The van der Waals surface area contributed by atoms with Gasteiger partial charge in [-0.3, -0.25) is 9.59 Å². The number of nitriles is 1. The largest absolute Gasteiger partial charge is 0.444 e. The van der Waals surface area contributed by atoms with Gasteiger partial charge in [0.05, 0.1) is 11.6 Å². The van der Waals surface area contributed by atoms with Crippen molar-refractivity contribution in [1.82, 2.24) is 24.7 Å². The number of piperidine rings is 1. The average Bonchev–Trinajstić information content (AvgIpc) is 3.73. The maximum atomic E-state index is 13.5. The van der Waals surface area contributed by atoms with Gasteiger partial charge in [0.2, 0.25) is 0 Å². The number of aromatic nitrogens is 2. The molecule has 3 amide bonds. The third kappa shape index (κ3) is 6.46. The summed E-state index contributed by atoms with van der Waals surface area (Å²) in [5.74, 6) is 0.128. The molecule has 2 aliphatic rings. The van der Waals surface area contributed by atoms with Crippen LogP contribution in [0.4, 0.5) is 4.79 Å². The van der Waals surface area contributed by atoms with Gasteiger partial charge < -0.3 is 19.4 Å². The van der Waals surface area contributed by atoms with Gasteiger partial charge in [0, 0.05) is 55.7 Å². The number of amides is 3. The summed E-state index contributed by atoms with van der Waals surface area (Å²) in [5.41, 5.74) is 1.08. The predicted octanol–water partition coefficient (Wildman–Crippen LogP) is 3.74. The van der Waals surface area contributed by atoms with Crippen LogP contribution in [0.15, 0.2) is 36.7 Å². The number of benzene rings is 1. The van der Waals surface area contributed by atoms with Crippen molar-refractivity contribution in [1.29, 1.82) is 5.26 Å². The van der Waals surface area contributed by atoms with E-state index < -0.39 is 5.60 Å². The fourth-order valence-electron chi connectivity index (χ4n) is 4.53. The first-order chi connectivity index (χ1) is 18.1. The first-order valence-electron chi connectivity index (χ1n) is 12.9. The minimum Gasteiger partial charge on any atom is -0.444 e. The summed E-state index contributed by atoms with van der Waals surface area (Å²) in [5, 5.41) is 8.79. The molecule has 2 fully saturated rings. The van der Waals surface area contributed by atoms with Crippen LogP contribution >= 0.6 is 0 Å². The number of hydrogen-bond acceptors (Lipinski definition) is 7. The van der Waals surface area contributed by atoms with E-state index in [9.17, 15) is 14.4 Å². The van der Waals surface area contributed by atoms with Crippen molar-refractivity contribution in [2.24, 2.45) is 0 Å². The van der Waals surface area contributed by atoms with Crippen LogP contribution < -0.4 is 0 Å². The molecule has 1 aromatic carbocycles. The number of carbonyl (C=O) groups is 3. The Morgan fingerprint density at radius 2 is 1.55 bits per heavy atom. The second kappa shape index (κ2) is 11.2. The highest BCUT2D eigenvalue weighted by Crippen LogP contribution is 2.33. The Labute approximate surface area is 223 Å². The zero-order valence-electron chi connectivity index (χ0n) is 22.4. The zero-order valence-corrected chi connectivity index (χ0v) is 22.4. The first kappa shape index (κ1) is 27.0. The summed E-state index contributed by atoms with van der Waals surface area (Å²) < 4.78 is 5.50. The van der Waals surface area contributed by atoms with Crippen LogP contribution in [0, 0.1) is 11.3 Å². The van der Waals surface area contributed by atoms with Gasteiger partial charge in [-0.2, -0.15) is 5.26 Å². The maximum absolute atomic E-state index is 13.5. The van der Waals surface area contributed by atoms with E-state index in [-0.39, 0.29) is 36.5 Å². The molecule has 0 spiro atoms. The van der Waals surface area contributed by atoms with Gasteiger partial charge >= 0.3 is 6.09 Å². The monoisotopic (exact) mass is 518 g/mol. The third-order valence-corrected chi connectivity index (χ3v) is 6.63. The number of nitrogens with zero attached hydrogens (tertiary/aromatic N) is 6. The lowest BCUT2D eigenvalue weighted by Gasteiger charge is -2.39. The molecule has 0 atom stereocenters. The van der Waals surface area contributed by atoms with Gasteiger partial charge in [0.25, 0.3) is 11.8 Å². The molecule has 4 rings (SSSR count). The summed E-state index contributed by atoms with van der Waals surface area (Å²) in [6, 6.07) is 9.07. The van der Waals surface area contributed by atoms with Gasteiger partial charge in [-0.1, -0.05) is 12.1 Å². The smallest absolute Gasteiger partial charge is 0.410 e. The van der Waals surface area contributed by atoms with Crippen molar-refractivity contribution < 1.29 is 19.1 Å². The van der Waals surface area contributed by atoms with Crippen LogP contribution in [0.1, 0.15) is 67.2 Å². The Bertz CT molecular complexity index is 1200.